The zero-order chi connectivity index (χ0) is 12.5. The summed E-state index contributed by atoms with van der Waals surface area (Å²) in [6.07, 6.45) is 4.90. The maximum atomic E-state index is 10.1. The van der Waals surface area contributed by atoms with E-state index in [0.29, 0.717) is 18.1 Å². The molecule has 92 valence electrons. The third-order valence-electron chi connectivity index (χ3n) is 2.89. The van der Waals surface area contributed by atoms with E-state index in [1.54, 1.807) is 12.4 Å². The molecule has 2 rings (SSSR count). The fourth-order valence-electron chi connectivity index (χ4n) is 2.14. The van der Waals surface area contributed by atoms with E-state index in [4.69, 9.17) is 18.0 Å². The summed E-state index contributed by atoms with van der Waals surface area (Å²) >= 11 is 4.96. The van der Waals surface area contributed by atoms with Crippen LogP contribution < -0.4 is 10.6 Å². The van der Waals surface area contributed by atoms with Gasteiger partial charge < -0.3 is 15.7 Å². The lowest BCUT2D eigenvalue weighted by molar-refractivity contribution is 0.0447. The second-order valence-electron chi connectivity index (χ2n) is 4.61. The topological polar surface area (TPSA) is 75.3 Å². The molecule has 0 saturated carbocycles. The molecule has 0 aromatic carbocycles. The Hall–Kier alpha value is -1.27. The molecular weight excluding hydrogens is 236 g/mol. The maximum absolute atomic E-state index is 10.1. The molecule has 1 aromatic heterocycles. The van der Waals surface area contributed by atoms with Gasteiger partial charge in [0.25, 0.3) is 0 Å². The summed E-state index contributed by atoms with van der Waals surface area (Å²) in [6, 6.07) is 0. The number of nitrogens with two attached hydrogens (primary N) is 1. The second kappa shape index (κ2) is 4.54. The van der Waals surface area contributed by atoms with Crippen LogP contribution in [-0.2, 0) is 0 Å². The van der Waals surface area contributed by atoms with Crippen molar-refractivity contribution in [3.8, 4) is 0 Å². The van der Waals surface area contributed by atoms with Gasteiger partial charge in [-0.3, -0.25) is 0 Å². The quantitative estimate of drug-likeness (QED) is 0.745. The third kappa shape index (κ3) is 2.70. The molecule has 0 bridgehead atoms. The Morgan fingerprint density at radius 3 is 2.88 bits per heavy atom. The zero-order valence-electron chi connectivity index (χ0n) is 9.76. The predicted molar refractivity (Wildman–Crippen MR) is 70.0 cm³/mol. The average Bonchev–Trinajstić information content (AvgIpc) is 2.27. The summed E-state index contributed by atoms with van der Waals surface area (Å²) in [4.78, 5) is 10.6. The molecule has 0 radical (unpaired) electrons. The summed E-state index contributed by atoms with van der Waals surface area (Å²) in [5.74, 6) is 0.667. The molecule has 1 atom stereocenters. The molecule has 1 fully saturated rings. The Morgan fingerprint density at radius 2 is 2.24 bits per heavy atom. The average molecular weight is 252 g/mol. The molecule has 1 aliphatic rings. The van der Waals surface area contributed by atoms with Gasteiger partial charge in [-0.05, 0) is 19.8 Å². The molecule has 1 saturated heterocycles. The van der Waals surface area contributed by atoms with Crippen LogP contribution in [0.25, 0.3) is 0 Å². The van der Waals surface area contributed by atoms with Crippen molar-refractivity contribution < 1.29 is 5.11 Å². The third-order valence-corrected chi connectivity index (χ3v) is 3.08. The first-order chi connectivity index (χ1) is 7.99. The highest BCUT2D eigenvalue weighted by Crippen LogP contribution is 2.25. The minimum Gasteiger partial charge on any atom is -0.388 e. The van der Waals surface area contributed by atoms with Crippen LogP contribution in [0.15, 0.2) is 12.4 Å². The molecule has 0 aliphatic carbocycles. The first kappa shape index (κ1) is 12.2. The number of hydrogen-bond acceptors (Lipinski definition) is 5. The number of anilines is 1. The van der Waals surface area contributed by atoms with Gasteiger partial charge in [-0.2, -0.15) is 0 Å². The van der Waals surface area contributed by atoms with E-state index >= 15 is 0 Å². The Morgan fingerprint density at radius 1 is 1.53 bits per heavy atom. The second-order valence-corrected chi connectivity index (χ2v) is 5.05. The van der Waals surface area contributed by atoms with E-state index in [1.165, 1.54) is 0 Å². The van der Waals surface area contributed by atoms with Crippen molar-refractivity contribution in [2.45, 2.75) is 25.4 Å². The van der Waals surface area contributed by atoms with E-state index in [1.807, 2.05) is 11.8 Å². The van der Waals surface area contributed by atoms with Crippen molar-refractivity contribution in [2.75, 3.05) is 18.0 Å². The van der Waals surface area contributed by atoms with Gasteiger partial charge in [-0.15, -0.1) is 0 Å². The molecule has 5 nitrogen and oxygen atoms in total. The van der Waals surface area contributed by atoms with Crippen molar-refractivity contribution >= 4 is 23.0 Å². The maximum Gasteiger partial charge on any atom is 0.157 e. The Labute approximate surface area is 106 Å². The van der Waals surface area contributed by atoms with Crippen LogP contribution in [0.1, 0.15) is 25.5 Å². The standard InChI is InChI=1S/C11H16N4OS/c1-11(16)3-2-6-15(7-11)10-8(9(12)17)13-4-5-14-10/h4-5,16H,2-3,6-7H2,1H3,(H2,12,17). The minimum atomic E-state index is -0.691. The highest BCUT2D eigenvalue weighted by Gasteiger charge is 2.30. The molecule has 0 amide bonds. The molecule has 6 heteroatoms. The molecule has 3 N–H and O–H groups in total. The van der Waals surface area contributed by atoms with E-state index in [-0.39, 0.29) is 4.99 Å². The number of rotatable bonds is 2. The Bertz CT molecular complexity index is 435. The monoisotopic (exact) mass is 252 g/mol. The number of hydrogen-bond donors (Lipinski definition) is 2. The van der Waals surface area contributed by atoms with Gasteiger partial charge in [0, 0.05) is 25.5 Å². The van der Waals surface area contributed by atoms with Crippen LogP contribution in [0.4, 0.5) is 5.82 Å². The van der Waals surface area contributed by atoms with Gasteiger partial charge in [0.1, 0.15) is 10.7 Å². The lowest BCUT2D eigenvalue weighted by Crippen LogP contribution is -2.47. The van der Waals surface area contributed by atoms with Crippen molar-refractivity contribution in [2.24, 2.45) is 5.73 Å². The van der Waals surface area contributed by atoms with Gasteiger partial charge in [0.15, 0.2) is 5.82 Å². The van der Waals surface area contributed by atoms with Crippen LogP contribution in [0.5, 0.6) is 0 Å². The van der Waals surface area contributed by atoms with Gasteiger partial charge in [-0.25, -0.2) is 9.97 Å². The fraction of sp³-hybridized carbons (Fsp3) is 0.545. The summed E-state index contributed by atoms with van der Waals surface area (Å²) in [7, 11) is 0. The summed E-state index contributed by atoms with van der Waals surface area (Å²) in [5, 5.41) is 10.1. The largest absolute Gasteiger partial charge is 0.388 e. The lowest BCUT2D eigenvalue weighted by Gasteiger charge is -2.37. The molecule has 1 unspecified atom stereocenters. The van der Waals surface area contributed by atoms with E-state index in [0.717, 1.165) is 19.4 Å². The molecule has 0 spiro atoms. The van der Waals surface area contributed by atoms with E-state index < -0.39 is 5.60 Å². The molecule has 1 aliphatic heterocycles. The van der Waals surface area contributed by atoms with Gasteiger partial charge in [0.05, 0.1) is 5.60 Å². The number of β-amino-alcohol motifs (C(OH)–C–C–N with tert-alkyl or cyclic N) is 1. The first-order valence-electron chi connectivity index (χ1n) is 5.58. The van der Waals surface area contributed by atoms with Crippen molar-refractivity contribution in [3.63, 3.8) is 0 Å². The number of aromatic nitrogens is 2. The van der Waals surface area contributed by atoms with E-state index in [9.17, 15) is 5.11 Å². The molecule has 17 heavy (non-hydrogen) atoms. The van der Waals surface area contributed by atoms with Gasteiger partial charge >= 0.3 is 0 Å². The number of thiocarbonyl (C=S) groups is 1. The zero-order valence-corrected chi connectivity index (χ0v) is 10.6. The molecule has 2 heterocycles. The summed E-state index contributed by atoms with van der Waals surface area (Å²) in [6.45, 7) is 3.20. The number of nitrogens with zero attached hydrogens (tertiary/aromatic N) is 3. The van der Waals surface area contributed by atoms with Gasteiger partial charge in [0.2, 0.25) is 0 Å². The lowest BCUT2D eigenvalue weighted by atomic mass is 9.95. The van der Waals surface area contributed by atoms with Crippen LogP contribution in [0, 0.1) is 0 Å². The highest BCUT2D eigenvalue weighted by molar-refractivity contribution is 7.80. The SMILES string of the molecule is CC1(O)CCCN(c2nccnc2C(N)=S)C1. The summed E-state index contributed by atoms with van der Waals surface area (Å²) < 4.78 is 0. The number of aliphatic hydroxyl groups is 1. The summed E-state index contributed by atoms with van der Waals surface area (Å²) in [5.41, 5.74) is 5.47. The van der Waals surface area contributed by atoms with Crippen LogP contribution in [0.3, 0.4) is 0 Å². The molecule has 1 aromatic rings. The molecular formula is C11H16N4OS. The van der Waals surface area contributed by atoms with Gasteiger partial charge in [-0.1, -0.05) is 12.2 Å². The Kier molecular flexibility index (Phi) is 3.26. The minimum absolute atomic E-state index is 0.235. The Balaban J connectivity index is 2.30. The van der Waals surface area contributed by atoms with Crippen molar-refractivity contribution in [1.29, 1.82) is 0 Å². The smallest absolute Gasteiger partial charge is 0.157 e. The first-order valence-corrected chi connectivity index (χ1v) is 5.98. The van der Waals surface area contributed by atoms with E-state index in [2.05, 4.69) is 9.97 Å². The highest BCUT2D eigenvalue weighted by atomic mass is 32.1. The van der Waals surface area contributed by atoms with Crippen LogP contribution in [0.2, 0.25) is 0 Å². The predicted octanol–water partition coefficient (Wildman–Crippen LogP) is 0.462. The van der Waals surface area contributed by atoms with Crippen molar-refractivity contribution in [3.05, 3.63) is 18.1 Å². The fourth-order valence-corrected chi connectivity index (χ4v) is 2.28. The van der Waals surface area contributed by atoms with Crippen molar-refractivity contribution in [1.82, 2.24) is 9.97 Å². The van der Waals surface area contributed by atoms with Crippen LogP contribution in [-0.4, -0.2) is 38.8 Å². The normalized spacial score (nSPS) is 24.7. The van der Waals surface area contributed by atoms with Crippen LogP contribution >= 0.6 is 12.2 Å². The number of piperidine rings is 1.